The van der Waals surface area contributed by atoms with E-state index in [0.29, 0.717) is 20.8 Å². The zero-order chi connectivity index (χ0) is 15.2. The minimum atomic E-state index is -0.309. The molecule has 2 aromatic carbocycles. The van der Waals surface area contributed by atoms with Crippen molar-refractivity contribution in [1.82, 2.24) is 5.43 Å². The Bertz CT molecular complexity index is 689. The van der Waals surface area contributed by atoms with Gasteiger partial charge in [-0.05, 0) is 51.8 Å². The van der Waals surface area contributed by atoms with Crippen molar-refractivity contribution in [3.05, 3.63) is 63.1 Å². The molecule has 0 aliphatic carbocycles. The van der Waals surface area contributed by atoms with Crippen LogP contribution >= 0.6 is 27.5 Å². The zero-order valence-electron chi connectivity index (χ0n) is 11.1. The minimum Gasteiger partial charge on any atom is -0.496 e. The van der Waals surface area contributed by atoms with Crippen LogP contribution in [0.25, 0.3) is 0 Å². The molecular weight excluding hydrogens is 356 g/mol. The number of hydrogen-bond donors (Lipinski definition) is 1. The molecular formula is C15H12BrClN2O2. The monoisotopic (exact) mass is 366 g/mol. The smallest absolute Gasteiger partial charge is 0.271 e. The molecule has 0 atom stereocenters. The van der Waals surface area contributed by atoms with E-state index in [1.54, 1.807) is 37.4 Å². The van der Waals surface area contributed by atoms with E-state index in [1.165, 1.54) is 6.21 Å². The lowest BCUT2D eigenvalue weighted by Crippen LogP contribution is -2.17. The van der Waals surface area contributed by atoms with Gasteiger partial charge in [0, 0.05) is 10.6 Å². The van der Waals surface area contributed by atoms with Gasteiger partial charge in [0.05, 0.1) is 17.8 Å². The highest BCUT2D eigenvalue weighted by atomic mass is 79.9. The molecule has 0 bridgehead atoms. The maximum atomic E-state index is 11.9. The molecule has 2 aromatic rings. The maximum Gasteiger partial charge on any atom is 0.271 e. The molecule has 0 saturated heterocycles. The van der Waals surface area contributed by atoms with Crippen molar-refractivity contribution in [2.75, 3.05) is 7.11 Å². The second-order valence-electron chi connectivity index (χ2n) is 4.10. The molecule has 4 nitrogen and oxygen atoms in total. The first-order valence-electron chi connectivity index (χ1n) is 6.02. The molecule has 21 heavy (non-hydrogen) atoms. The summed E-state index contributed by atoms with van der Waals surface area (Å²) in [5, 5.41) is 4.52. The number of benzene rings is 2. The summed E-state index contributed by atoms with van der Waals surface area (Å²) in [6.07, 6.45) is 1.53. The molecule has 0 aliphatic heterocycles. The van der Waals surface area contributed by atoms with E-state index >= 15 is 0 Å². The van der Waals surface area contributed by atoms with Gasteiger partial charge in [0.2, 0.25) is 0 Å². The van der Waals surface area contributed by atoms with Crippen molar-refractivity contribution < 1.29 is 9.53 Å². The highest BCUT2D eigenvalue weighted by molar-refractivity contribution is 9.10. The van der Waals surface area contributed by atoms with Gasteiger partial charge in [-0.25, -0.2) is 5.43 Å². The number of carbonyl (C=O) groups is 1. The van der Waals surface area contributed by atoms with E-state index in [2.05, 4.69) is 26.5 Å². The lowest BCUT2D eigenvalue weighted by atomic mass is 10.2. The van der Waals surface area contributed by atoms with Gasteiger partial charge in [-0.1, -0.05) is 23.7 Å². The quantitative estimate of drug-likeness (QED) is 0.659. The summed E-state index contributed by atoms with van der Waals surface area (Å²) < 4.78 is 5.81. The van der Waals surface area contributed by atoms with E-state index in [1.807, 2.05) is 12.1 Å². The number of carbonyl (C=O) groups excluding carboxylic acids is 1. The molecule has 0 aliphatic rings. The highest BCUT2D eigenvalue weighted by Crippen LogP contribution is 2.25. The summed E-state index contributed by atoms with van der Waals surface area (Å²) in [5.74, 6) is 0.352. The van der Waals surface area contributed by atoms with Crippen molar-refractivity contribution in [1.29, 1.82) is 0 Å². The van der Waals surface area contributed by atoms with E-state index in [9.17, 15) is 4.79 Å². The summed E-state index contributed by atoms with van der Waals surface area (Å²) in [4.78, 5) is 11.9. The molecule has 0 heterocycles. The van der Waals surface area contributed by atoms with Crippen molar-refractivity contribution in [2.24, 2.45) is 5.10 Å². The Labute approximate surface area is 135 Å². The molecule has 0 spiro atoms. The van der Waals surface area contributed by atoms with Crippen LogP contribution in [0.3, 0.4) is 0 Å². The Morgan fingerprint density at radius 3 is 2.81 bits per heavy atom. The molecule has 6 heteroatoms. The van der Waals surface area contributed by atoms with Crippen LogP contribution in [0.1, 0.15) is 15.9 Å². The number of nitrogens with zero attached hydrogens (tertiary/aromatic N) is 1. The standard InChI is InChI=1S/C15H12BrClN2O2/c1-21-14-6-5-11(8-13(14)16)15(20)19-18-9-10-3-2-4-12(17)7-10/h2-9H,1H3,(H,19,20). The van der Waals surface area contributed by atoms with Crippen LogP contribution in [0.4, 0.5) is 0 Å². The van der Waals surface area contributed by atoms with Crippen molar-refractivity contribution in [2.45, 2.75) is 0 Å². The van der Waals surface area contributed by atoms with Crippen molar-refractivity contribution >= 4 is 39.7 Å². The largest absolute Gasteiger partial charge is 0.496 e. The van der Waals surface area contributed by atoms with Crippen LogP contribution in [-0.4, -0.2) is 19.2 Å². The summed E-state index contributed by atoms with van der Waals surface area (Å²) in [7, 11) is 1.56. The van der Waals surface area contributed by atoms with Gasteiger partial charge in [0.25, 0.3) is 5.91 Å². The lowest BCUT2D eigenvalue weighted by Gasteiger charge is -2.05. The SMILES string of the molecule is COc1ccc(C(=O)NN=Cc2cccc(Cl)c2)cc1Br. The third-order valence-electron chi connectivity index (χ3n) is 2.64. The Morgan fingerprint density at radius 2 is 2.14 bits per heavy atom. The van der Waals surface area contributed by atoms with Crippen molar-refractivity contribution in [3.63, 3.8) is 0 Å². The predicted molar refractivity (Wildman–Crippen MR) is 87.2 cm³/mol. The third kappa shape index (κ3) is 4.31. The fraction of sp³-hybridized carbons (Fsp3) is 0.0667. The second-order valence-corrected chi connectivity index (χ2v) is 5.39. The van der Waals surface area contributed by atoms with Crippen molar-refractivity contribution in [3.8, 4) is 5.75 Å². The van der Waals surface area contributed by atoms with Gasteiger partial charge < -0.3 is 4.74 Å². The second kappa shape index (κ2) is 7.24. The highest BCUT2D eigenvalue weighted by Gasteiger charge is 2.07. The average molecular weight is 368 g/mol. The number of nitrogens with one attached hydrogen (secondary N) is 1. The predicted octanol–water partition coefficient (Wildman–Crippen LogP) is 3.88. The number of halogens is 2. The topological polar surface area (TPSA) is 50.7 Å². The average Bonchev–Trinajstić information content (AvgIpc) is 2.47. The summed E-state index contributed by atoms with van der Waals surface area (Å²) in [5.41, 5.74) is 3.74. The molecule has 0 saturated carbocycles. The Balaban J connectivity index is 2.03. The van der Waals surface area contributed by atoms with Gasteiger partial charge in [-0.3, -0.25) is 4.79 Å². The molecule has 108 valence electrons. The van der Waals surface area contributed by atoms with E-state index in [-0.39, 0.29) is 5.91 Å². The van der Waals surface area contributed by atoms with Crippen LogP contribution < -0.4 is 10.2 Å². The zero-order valence-corrected chi connectivity index (χ0v) is 13.5. The molecule has 0 aromatic heterocycles. The molecule has 0 fully saturated rings. The van der Waals surface area contributed by atoms with E-state index in [0.717, 1.165) is 5.56 Å². The number of rotatable bonds is 4. The minimum absolute atomic E-state index is 0.309. The number of hydrazone groups is 1. The summed E-state index contributed by atoms with van der Waals surface area (Å²) in [6, 6.07) is 12.2. The van der Waals surface area contributed by atoms with Gasteiger partial charge in [0.15, 0.2) is 0 Å². The Hall–Kier alpha value is -1.85. The molecule has 1 N–H and O–H groups in total. The molecule has 1 amide bonds. The Morgan fingerprint density at radius 1 is 1.33 bits per heavy atom. The lowest BCUT2D eigenvalue weighted by molar-refractivity contribution is 0.0955. The number of ether oxygens (including phenoxy) is 1. The van der Waals surface area contributed by atoms with Crippen LogP contribution in [0, 0.1) is 0 Å². The van der Waals surface area contributed by atoms with Gasteiger partial charge in [-0.2, -0.15) is 5.10 Å². The number of hydrogen-bond acceptors (Lipinski definition) is 3. The molecule has 2 rings (SSSR count). The van der Waals surface area contributed by atoms with Crippen LogP contribution in [0.15, 0.2) is 52.0 Å². The number of methoxy groups -OCH3 is 1. The van der Waals surface area contributed by atoms with Crippen LogP contribution in [-0.2, 0) is 0 Å². The third-order valence-corrected chi connectivity index (χ3v) is 3.50. The first-order chi connectivity index (χ1) is 10.1. The summed E-state index contributed by atoms with van der Waals surface area (Å²) >= 11 is 9.19. The van der Waals surface area contributed by atoms with Crippen LogP contribution in [0.2, 0.25) is 5.02 Å². The molecule has 0 radical (unpaired) electrons. The van der Waals surface area contributed by atoms with E-state index < -0.39 is 0 Å². The van der Waals surface area contributed by atoms with Gasteiger partial charge in [0.1, 0.15) is 5.75 Å². The Kier molecular flexibility index (Phi) is 5.36. The van der Waals surface area contributed by atoms with Gasteiger partial charge in [-0.15, -0.1) is 0 Å². The fourth-order valence-electron chi connectivity index (χ4n) is 1.62. The fourth-order valence-corrected chi connectivity index (χ4v) is 2.36. The maximum absolute atomic E-state index is 11.9. The number of amides is 1. The molecule has 0 unspecified atom stereocenters. The van der Waals surface area contributed by atoms with Gasteiger partial charge >= 0.3 is 0 Å². The summed E-state index contributed by atoms with van der Waals surface area (Å²) in [6.45, 7) is 0. The van der Waals surface area contributed by atoms with E-state index in [4.69, 9.17) is 16.3 Å². The first kappa shape index (κ1) is 15.5. The normalized spacial score (nSPS) is 10.6. The first-order valence-corrected chi connectivity index (χ1v) is 7.20. The van der Waals surface area contributed by atoms with Crippen LogP contribution in [0.5, 0.6) is 5.75 Å².